The Morgan fingerprint density at radius 1 is 1.50 bits per heavy atom. The number of nitrogens with zero attached hydrogens (tertiary/aromatic N) is 1. The molecule has 1 N–H and O–H groups in total. The topological polar surface area (TPSA) is 40.5 Å². The van der Waals surface area contributed by atoms with Crippen molar-refractivity contribution in [3.63, 3.8) is 0 Å². The third-order valence-electron chi connectivity index (χ3n) is 3.45. The Balaban J connectivity index is 2.44. The number of carbonyl (C=O) groups is 1. The fraction of sp³-hybridized carbons (Fsp3) is 0.500. The number of ketones is 1. The zero-order valence-corrected chi connectivity index (χ0v) is 11.0. The number of hydrogen-bond acceptors (Lipinski definition) is 3. The highest BCUT2D eigenvalue weighted by molar-refractivity contribution is 6.00. The number of rotatable bonds is 2. The van der Waals surface area contributed by atoms with Gasteiger partial charge in [-0.3, -0.25) is 4.79 Å². The molecule has 0 spiro atoms. The van der Waals surface area contributed by atoms with Crippen LogP contribution < -0.4 is 4.90 Å². The highest BCUT2D eigenvalue weighted by atomic mass is 19.1. The number of Topliss-reactive ketones (excluding diaryl/α,β-unsaturated/α-hetero) is 1. The number of aryl methyl sites for hydroxylation is 1. The summed E-state index contributed by atoms with van der Waals surface area (Å²) in [5.74, 6) is -0.523. The summed E-state index contributed by atoms with van der Waals surface area (Å²) in [4.78, 5) is 13.5. The Kier molecular flexibility index (Phi) is 3.15. The molecule has 0 aliphatic carbocycles. The van der Waals surface area contributed by atoms with Crippen molar-refractivity contribution in [2.24, 2.45) is 0 Å². The molecule has 0 amide bonds. The number of hydrogen-bond donors (Lipinski definition) is 1. The molecule has 1 atom stereocenters. The van der Waals surface area contributed by atoms with Crippen LogP contribution in [-0.4, -0.2) is 29.6 Å². The van der Waals surface area contributed by atoms with Gasteiger partial charge in [0.05, 0.1) is 5.60 Å². The summed E-state index contributed by atoms with van der Waals surface area (Å²) in [5.41, 5.74) is 0.882. The lowest BCUT2D eigenvalue weighted by Gasteiger charge is -2.23. The van der Waals surface area contributed by atoms with Crippen LogP contribution in [0.2, 0.25) is 0 Å². The highest BCUT2D eigenvalue weighted by Gasteiger charge is 2.33. The van der Waals surface area contributed by atoms with E-state index in [1.54, 1.807) is 19.9 Å². The molecule has 0 radical (unpaired) electrons. The first kappa shape index (κ1) is 13.0. The lowest BCUT2D eigenvalue weighted by Crippen LogP contribution is -2.30. The average molecular weight is 251 g/mol. The van der Waals surface area contributed by atoms with Gasteiger partial charge < -0.3 is 10.0 Å². The van der Waals surface area contributed by atoms with E-state index in [0.29, 0.717) is 30.6 Å². The van der Waals surface area contributed by atoms with Gasteiger partial charge in [0.25, 0.3) is 0 Å². The van der Waals surface area contributed by atoms with Gasteiger partial charge in [-0.05, 0) is 44.9 Å². The number of halogens is 1. The minimum Gasteiger partial charge on any atom is -0.388 e. The van der Waals surface area contributed by atoms with Gasteiger partial charge in [0.1, 0.15) is 5.82 Å². The van der Waals surface area contributed by atoms with E-state index >= 15 is 0 Å². The van der Waals surface area contributed by atoms with Crippen LogP contribution in [0.15, 0.2) is 12.1 Å². The van der Waals surface area contributed by atoms with E-state index in [1.807, 2.05) is 4.90 Å². The molecule has 18 heavy (non-hydrogen) atoms. The SMILES string of the molecule is CC(=O)c1cc(F)c(C)cc1N1CCC(C)(O)C1. The first-order chi connectivity index (χ1) is 8.30. The predicted molar refractivity (Wildman–Crippen MR) is 68.6 cm³/mol. The van der Waals surface area contributed by atoms with Gasteiger partial charge in [-0.25, -0.2) is 4.39 Å². The second-order valence-corrected chi connectivity index (χ2v) is 5.34. The number of β-amino-alcohol motifs (C(OH)–C–C–N with tert-alkyl or cyclic N) is 1. The summed E-state index contributed by atoms with van der Waals surface area (Å²) in [5, 5.41) is 9.98. The molecule has 0 bridgehead atoms. The summed E-state index contributed by atoms with van der Waals surface area (Å²) in [6, 6.07) is 2.98. The third kappa shape index (κ3) is 2.38. The monoisotopic (exact) mass is 251 g/mol. The molecule has 3 nitrogen and oxygen atoms in total. The van der Waals surface area contributed by atoms with Crippen molar-refractivity contribution in [3.8, 4) is 0 Å². The summed E-state index contributed by atoms with van der Waals surface area (Å²) < 4.78 is 13.5. The van der Waals surface area contributed by atoms with Crippen molar-refractivity contribution in [1.82, 2.24) is 0 Å². The van der Waals surface area contributed by atoms with Crippen LogP contribution in [0.3, 0.4) is 0 Å². The molecule has 1 fully saturated rings. The molecular formula is C14H18FNO2. The number of anilines is 1. The van der Waals surface area contributed by atoms with E-state index in [-0.39, 0.29) is 11.6 Å². The molecule has 1 aliphatic heterocycles. The molecule has 0 saturated carbocycles. The Morgan fingerprint density at radius 3 is 2.67 bits per heavy atom. The second kappa shape index (κ2) is 4.35. The first-order valence-corrected chi connectivity index (χ1v) is 6.08. The Bertz CT molecular complexity index is 497. The number of carbonyl (C=O) groups excluding carboxylic acids is 1. The van der Waals surface area contributed by atoms with Crippen molar-refractivity contribution in [2.45, 2.75) is 32.8 Å². The maximum absolute atomic E-state index is 13.5. The van der Waals surface area contributed by atoms with Gasteiger partial charge in [0.15, 0.2) is 5.78 Å². The van der Waals surface area contributed by atoms with E-state index < -0.39 is 5.60 Å². The van der Waals surface area contributed by atoms with Gasteiger partial charge >= 0.3 is 0 Å². The van der Waals surface area contributed by atoms with Gasteiger partial charge in [0.2, 0.25) is 0 Å². The third-order valence-corrected chi connectivity index (χ3v) is 3.45. The van der Waals surface area contributed by atoms with Crippen LogP contribution >= 0.6 is 0 Å². The van der Waals surface area contributed by atoms with E-state index in [2.05, 4.69) is 0 Å². The molecule has 1 saturated heterocycles. The molecule has 1 heterocycles. The molecule has 98 valence electrons. The number of aliphatic hydroxyl groups is 1. The van der Waals surface area contributed by atoms with Gasteiger partial charge in [0, 0.05) is 24.3 Å². The van der Waals surface area contributed by atoms with Crippen molar-refractivity contribution < 1.29 is 14.3 Å². The average Bonchev–Trinajstić information content (AvgIpc) is 2.62. The van der Waals surface area contributed by atoms with Crippen LogP contribution in [0.4, 0.5) is 10.1 Å². The Labute approximate surface area is 106 Å². The van der Waals surface area contributed by atoms with Crippen LogP contribution in [-0.2, 0) is 0 Å². The maximum atomic E-state index is 13.5. The largest absolute Gasteiger partial charge is 0.388 e. The van der Waals surface area contributed by atoms with Crippen molar-refractivity contribution in [3.05, 3.63) is 29.1 Å². The van der Waals surface area contributed by atoms with Crippen LogP contribution in [0.5, 0.6) is 0 Å². The first-order valence-electron chi connectivity index (χ1n) is 6.08. The molecule has 1 aromatic carbocycles. The molecule has 1 aliphatic rings. The van der Waals surface area contributed by atoms with Crippen molar-refractivity contribution in [2.75, 3.05) is 18.0 Å². The molecule has 1 aromatic rings. The van der Waals surface area contributed by atoms with Crippen LogP contribution in [0.25, 0.3) is 0 Å². The normalized spacial score (nSPS) is 23.5. The van der Waals surface area contributed by atoms with Gasteiger partial charge in [-0.1, -0.05) is 0 Å². The van der Waals surface area contributed by atoms with E-state index in [1.165, 1.54) is 13.0 Å². The quantitative estimate of drug-likeness (QED) is 0.820. The van der Waals surface area contributed by atoms with Crippen LogP contribution in [0.1, 0.15) is 36.2 Å². The lowest BCUT2D eigenvalue weighted by atomic mass is 10.0. The highest BCUT2D eigenvalue weighted by Crippen LogP contribution is 2.31. The second-order valence-electron chi connectivity index (χ2n) is 5.34. The molecule has 4 heteroatoms. The zero-order chi connectivity index (χ0) is 13.5. The number of benzene rings is 1. The lowest BCUT2D eigenvalue weighted by molar-refractivity contribution is 0.0838. The summed E-state index contributed by atoms with van der Waals surface area (Å²) in [7, 11) is 0. The van der Waals surface area contributed by atoms with Crippen molar-refractivity contribution in [1.29, 1.82) is 0 Å². The molecule has 0 aromatic heterocycles. The minimum atomic E-state index is -0.740. The molecule has 1 unspecified atom stereocenters. The molecule has 2 rings (SSSR count). The standard InChI is InChI=1S/C14H18FNO2/c1-9-6-13(11(10(2)17)7-12(9)15)16-5-4-14(3,18)8-16/h6-7,18H,4-5,8H2,1-3H3. The van der Waals surface area contributed by atoms with Gasteiger partial charge in [-0.2, -0.15) is 0 Å². The zero-order valence-electron chi connectivity index (χ0n) is 11.0. The maximum Gasteiger partial charge on any atom is 0.161 e. The Morgan fingerprint density at radius 2 is 2.17 bits per heavy atom. The fourth-order valence-corrected chi connectivity index (χ4v) is 2.36. The summed E-state index contributed by atoms with van der Waals surface area (Å²) >= 11 is 0. The van der Waals surface area contributed by atoms with Gasteiger partial charge in [-0.15, -0.1) is 0 Å². The fourth-order valence-electron chi connectivity index (χ4n) is 2.36. The van der Waals surface area contributed by atoms with Crippen LogP contribution in [0, 0.1) is 12.7 Å². The Hall–Kier alpha value is -1.42. The molecular weight excluding hydrogens is 233 g/mol. The van der Waals surface area contributed by atoms with Crippen molar-refractivity contribution >= 4 is 11.5 Å². The smallest absolute Gasteiger partial charge is 0.161 e. The summed E-state index contributed by atoms with van der Waals surface area (Å²) in [6.07, 6.45) is 0.654. The van der Waals surface area contributed by atoms with E-state index in [0.717, 1.165) is 5.69 Å². The minimum absolute atomic E-state index is 0.157. The van der Waals surface area contributed by atoms with E-state index in [4.69, 9.17) is 0 Å². The van der Waals surface area contributed by atoms with E-state index in [9.17, 15) is 14.3 Å². The predicted octanol–water partition coefficient (Wildman–Crippen LogP) is 2.30. The summed E-state index contributed by atoms with van der Waals surface area (Å²) in [6.45, 7) is 6.03.